The molecule has 1 heterocycles. The number of nitrogens with zero attached hydrogens (tertiary/aromatic N) is 1. The smallest absolute Gasteiger partial charge is 0.128 e. The van der Waals surface area contributed by atoms with E-state index in [1.807, 2.05) is 31.2 Å². The van der Waals surface area contributed by atoms with Crippen LogP contribution in [0.4, 0.5) is 10.1 Å². The predicted molar refractivity (Wildman–Crippen MR) is 101 cm³/mol. The molecule has 3 rings (SSSR count). The van der Waals surface area contributed by atoms with Crippen molar-refractivity contribution in [1.29, 1.82) is 0 Å². The number of anilines is 1. The summed E-state index contributed by atoms with van der Waals surface area (Å²) >= 11 is 6.32. The third kappa shape index (κ3) is 3.74. The molecule has 1 aromatic heterocycles. The molecule has 0 radical (unpaired) electrons. The Balaban J connectivity index is 1.94. The summed E-state index contributed by atoms with van der Waals surface area (Å²) in [6, 6.07) is 12.1. The lowest BCUT2D eigenvalue weighted by atomic mass is 10.1. The van der Waals surface area contributed by atoms with Crippen LogP contribution >= 0.6 is 11.6 Å². The summed E-state index contributed by atoms with van der Waals surface area (Å²) in [6.07, 6.45) is 3.24. The lowest BCUT2D eigenvalue weighted by Gasteiger charge is -2.19. The maximum atomic E-state index is 14.3. The summed E-state index contributed by atoms with van der Waals surface area (Å²) in [5, 5.41) is 4.69. The first kappa shape index (κ1) is 17.2. The van der Waals surface area contributed by atoms with E-state index in [4.69, 9.17) is 16.3 Å². The third-order valence-corrected chi connectivity index (χ3v) is 4.18. The van der Waals surface area contributed by atoms with Gasteiger partial charge in [-0.15, -0.1) is 0 Å². The maximum Gasteiger partial charge on any atom is 0.128 e. The van der Waals surface area contributed by atoms with E-state index in [0.717, 1.165) is 16.6 Å². The highest BCUT2D eigenvalue weighted by atomic mass is 35.5. The lowest BCUT2D eigenvalue weighted by Crippen LogP contribution is -2.10. The Hall–Kier alpha value is -2.59. The molecule has 1 N–H and O–H groups in total. The van der Waals surface area contributed by atoms with Crippen LogP contribution in [-0.2, 0) is 0 Å². The Labute approximate surface area is 151 Å². The van der Waals surface area contributed by atoms with E-state index in [9.17, 15) is 4.39 Å². The number of hydrogen-bond acceptors (Lipinski definition) is 3. The zero-order valence-corrected chi connectivity index (χ0v) is 14.6. The van der Waals surface area contributed by atoms with E-state index in [0.29, 0.717) is 22.9 Å². The Morgan fingerprint density at radius 2 is 2.12 bits per heavy atom. The minimum Gasteiger partial charge on any atom is -0.490 e. The molecule has 0 aliphatic heterocycles. The number of nitrogens with one attached hydrogen (secondary N) is 1. The molecular formula is C20H18ClFN2O. The number of fused-ring (bicyclic) bond motifs is 1. The number of aromatic nitrogens is 1. The summed E-state index contributed by atoms with van der Waals surface area (Å²) in [4.78, 5) is 4.31. The SMILES string of the molecule is C=CCOc1ccc(F)c([C@@H](C)Nc2c(Cl)cnc3ccccc23)c1. The molecule has 0 amide bonds. The average molecular weight is 357 g/mol. The van der Waals surface area contributed by atoms with Gasteiger partial charge in [-0.25, -0.2) is 4.39 Å². The number of rotatable bonds is 6. The molecule has 0 saturated carbocycles. The van der Waals surface area contributed by atoms with E-state index in [1.165, 1.54) is 6.07 Å². The molecule has 5 heteroatoms. The highest BCUT2D eigenvalue weighted by Gasteiger charge is 2.15. The molecule has 3 nitrogen and oxygen atoms in total. The minimum absolute atomic E-state index is 0.305. The lowest BCUT2D eigenvalue weighted by molar-refractivity contribution is 0.361. The monoisotopic (exact) mass is 356 g/mol. The molecule has 25 heavy (non-hydrogen) atoms. The van der Waals surface area contributed by atoms with Gasteiger partial charge >= 0.3 is 0 Å². The topological polar surface area (TPSA) is 34.1 Å². The number of para-hydroxylation sites is 1. The molecule has 1 atom stereocenters. The van der Waals surface area contributed by atoms with E-state index in [1.54, 1.807) is 24.4 Å². The van der Waals surface area contributed by atoms with E-state index in [-0.39, 0.29) is 11.9 Å². The van der Waals surface area contributed by atoms with Gasteiger partial charge in [-0.2, -0.15) is 0 Å². The normalized spacial score (nSPS) is 12.0. The van der Waals surface area contributed by atoms with E-state index < -0.39 is 0 Å². The Morgan fingerprint density at radius 1 is 1.32 bits per heavy atom. The standard InChI is InChI=1S/C20H18ClFN2O/c1-3-10-25-14-8-9-18(22)16(11-14)13(2)24-20-15-6-4-5-7-19(15)23-12-17(20)21/h3-9,11-13H,1,10H2,2H3,(H,23,24)/t13-/m1/s1. The summed E-state index contributed by atoms with van der Waals surface area (Å²) in [5.74, 6) is 0.288. The van der Waals surface area contributed by atoms with Gasteiger partial charge in [-0.3, -0.25) is 4.98 Å². The fourth-order valence-corrected chi connectivity index (χ4v) is 2.86. The summed E-state index contributed by atoms with van der Waals surface area (Å²) in [6.45, 7) is 5.86. The quantitative estimate of drug-likeness (QED) is 0.570. The maximum absolute atomic E-state index is 14.3. The number of pyridine rings is 1. The predicted octanol–water partition coefficient (Wildman–Crippen LogP) is 5.77. The molecule has 0 fully saturated rings. The fourth-order valence-electron chi connectivity index (χ4n) is 2.66. The second kappa shape index (κ2) is 7.53. The van der Waals surface area contributed by atoms with Crippen molar-refractivity contribution in [2.24, 2.45) is 0 Å². The van der Waals surface area contributed by atoms with Gasteiger partial charge in [0.2, 0.25) is 0 Å². The van der Waals surface area contributed by atoms with Crippen LogP contribution in [0.5, 0.6) is 5.75 Å². The van der Waals surface area contributed by atoms with Crippen molar-refractivity contribution < 1.29 is 9.13 Å². The van der Waals surface area contributed by atoms with Gasteiger partial charge in [0, 0.05) is 17.1 Å². The van der Waals surface area contributed by atoms with Gasteiger partial charge in [0.1, 0.15) is 18.2 Å². The Bertz CT molecular complexity index is 913. The van der Waals surface area contributed by atoms with Gasteiger partial charge < -0.3 is 10.1 Å². The largest absolute Gasteiger partial charge is 0.490 e. The summed E-state index contributed by atoms with van der Waals surface area (Å²) in [7, 11) is 0. The van der Waals surface area contributed by atoms with Crippen LogP contribution in [-0.4, -0.2) is 11.6 Å². The highest BCUT2D eigenvalue weighted by molar-refractivity contribution is 6.34. The van der Waals surface area contributed by atoms with Crippen LogP contribution in [0.1, 0.15) is 18.5 Å². The van der Waals surface area contributed by atoms with Crippen molar-refractivity contribution in [3.8, 4) is 5.75 Å². The molecular weight excluding hydrogens is 339 g/mol. The van der Waals surface area contributed by atoms with Crippen LogP contribution in [0.25, 0.3) is 10.9 Å². The molecule has 0 aliphatic carbocycles. The van der Waals surface area contributed by atoms with Crippen LogP contribution in [0.15, 0.2) is 61.3 Å². The Kier molecular flexibility index (Phi) is 5.19. The van der Waals surface area contributed by atoms with Gasteiger partial charge in [0.25, 0.3) is 0 Å². The average Bonchev–Trinajstić information content (AvgIpc) is 2.63. The summed E-state index contributed by atoms with van der Waals surface area (Å²) in [5.41, 5.74) is 2.06. The van der Waals surface area contributed by atoms with Crippen LogP contribution < -0.4 is 10.1 Å². The van der Waals surface area contributed by atoms with Gasteiger partial charge in [0.05, 0.1) is 22.3 Å². The molecule has 2 aromatic carbocycles. The zero-order valence-electron chi connectivity index (χ0n) is 13.8. The second-order valence-corrected chi connectivity index (χ2v) is 6.05. The first-order valence-electron chi connectivity index (χ1n) is 7.93. The highest BCUT2D eigenvalue weighted by Crippen LogP contribution is 2.33. The number of hydrogen-bond donors (Lipinski definition) is 1. The number of ether oxygens (including phenoxy) is 1. The molecule has 0 unspecified atom stereocenters. The molecule has 128 valence electrons. The molecule has 0 aliphatic rings. The van der Waals surface area contributed by atoms with Gasteiger partial charge in [-0.1, -0.05) is 42.5 Å². The molecule has 0 bridgehead atoms. The number of benzene rings is 2. The molecule has 0 spiro atoms. The third-order valence-electron chi connectivity index (χ3n) is 3.89. The van der Waals surface area contributed by atoms with Crippen molar-refractivity contribution >= 4 is 28.2 Å². The number of halogens is 2. The van der Waals surface area contributed by atoms with Crippen molar-refractivity contribution in [1.82, 2.24) is 4.98 Å². The van der Waals surface area contributed by atoms with Gasteiger partial charge in [-0.05, 0) is 31.2 Å². The van der Waals surface area contributed by atoms with Crippen LogP contribution in [0.3, 0.4) is 0 Å². The van der Waals surface area contributed by atoms with Crippen molar-refractivity contribution in [2.75, 3.05) is 11.9 Å². The van der Waals surface area contributed by atoms with E-state index >= 15 is 0 Å². The van der Waals surface area contributed by atoms with Crippen molar-refractivity contribution in [3.05, 3.63) is 77.7 Å². The Morgan fingerprint density at radius 3 is 2.92 bits per heavy atom. The van der Waals surface area contributed by atoms with Crippen molar-refractivity contribution in [2.45, 2.75) is 13.0 Å². The van der Waals surface area contributed by atoms with Crippen molar-refractivity contribution in [3.63, 3.8) is 0 Å². The first-order valence-corrected chi connectivity index (χ1v) is 8.31. The molecule has 0 saturated heterocycles. The molecule has 3 aromatic rings. The summed E-state index contributed by atoms with van der Waals surface area (Å²) < 4.78 is 19.8. The van der Waals surface area contributed by atoms with E-state index in [2.05, 4.69) is 16.9 Å². The van der Waals surface area contributed by atoms with Gasteiger partial charge in [0.15, 0.2) is 0 Å². The first-order chi connectivity index (χ1) is 12.1. The minimum atomic E-state index is -0.310. The zero-order chi connectivity index (χ0) is 17.8. The van der Waals surface area contributed by atoms with Crippen LogP contribution in [0, 0.1) is 5.82 Å². The fraction of sp³-hybridized carbons (Fsp3) is 0.150. The van der Waals surface area contributed by atoms with Crippen LogP contribution in [0.2, 0.25) is 5.02 Å². The second-order valence-electron chi connectivity index (χ2n) is 5.65.